The molecule has 0 saturated heterocycles. The van der Waals surface area contributed by atoms with Gasteiger partial charge in [-0.1, -0.05) is 12.1 Å². The van der Waals surface area contributed by atoms with Crippen molar-refractivity contribution in [2.45, 2.75) is 6.16 Å². The summed E-state index contributed by atoms with van der Waals surface area (Å²) in [6.45, 7) is 3.59. The van der Waals surface area contributed by atoms with Crippen molar-refractivity contribution in [3.8, 4) is 0 Å². The average Bonchev–Trinajstić information content (AvgIpc) is 1.91. The van der Waals surface area contributed by atoms with Gasteiger partial charge in [-0.2, -0.15) is 0 Å². The van der Waals surface area contributed by atoms with Gasteiger partial charge >= 0.3 is 0 Å². The summed E-state index contributed by atoms with van der Waals surface area (Å²) in [5, 5.41) is 0. The van der Waals surface area contributed by atoms with E-state index < -0.39 is 7.14 Å². The van der Waals surface area contributed by atoms with Gasteiger partial charge < -0.3 is 10.3 Å². The van der Waals surface area contributed by atoms with E-state index in [0.29, 0.717) is 6.16 Å². The van der Waals surface area contributed by atoms with Crippen LogP contribution in [0.4, 0.5) is 5.69 Å². The molecule has 0 atom stereocenters. The van der Waals surface area contributed by atoms with Crippen molar-refractivity contribution in [1.29, 1.82) is 0 Å². The zero-order valence-electron chi connectivity index (χ0n) is 7.45. The Morgan fingerprint density at radius 1 is 1.25 bits per heavy atom. The predicted octanol–water partition coefficient (Wildman–Crippen LogP) is 2.39. The van der Waals surface area contributed by atoms with E-state index >= 15 is 0 Å². The maximum absolute atomic E-state index is 11.4. The first-order chi connectivity index (χ1) is 5.47. The minimum absolute atomic E-state index is 0.660. The fraction of sp³-hybridized carbons (Fsp3) is 0.333. The number of rotatable bonds is 2. The molecule has 3 heteroatoms. The Morgan fingerprint density at radius 2 is 1.75 bits per heavy atom. The summed E-state index contributed by atoms with van der Waals surface area (Å²) < 4.78 is 11.4. The first kappa shape index (κ1) is 9.34. The lowest BCUT2D eigenvalue weighted by molar-refractivity contribution is 0.582. The van der Waals surface area contributed by atoms with E-state index in [9.17, 15) is 4.57 Å². The summed E-state index contributed by atoms with van der Waals surface area (Å²) in [7, 11) is -1.94. The smallest absolute Gasteiger partial charge is 0.0861 e. The van der Waals surface area contributed by atoms with Gasteiger partial charge in [-0.15, -0.1) is 0 Å². The molecule has 0 aliphatic rings. The minimum Gasteiger partial charge on any atom is -0.399 e. The number of hydrogen-bond donors (Lipinski definition) is 1. The molecule has 0 spiro atoms. The SMILES string of the molecule is CP(C)(=O)Cc1ccc(N)cc1. The second-order valence-electron chi connectivity index (χ2n) is 3.47. The second kappa shape index (κ2) is 3.32. The van der Waals surface area contributed by atoms with Crippen LogP contribution in [0.2, 0.25) is 0 Å². The van der Waals surface area contributed by atoms with Crippen LogP contribution in [0.5, 0.6) is 0 Å². The van der Waals surface area contributed by atoms with Crippen molar-refractivity contribution < 1.29 is 4.57 Å². The van der Waals surface area contributed by atoms with Crippen LogP contribution in [0.15, 0.2) is 24.3 Å². The Hall–Kier alpha value is -0.750. The summed E-state index contributed by atoms with van der Waals surface area (Å²) in [5.74, 6) is 0. The van der Waals surface area contributed by atoms with Crippen molar-refractivity contribution in [2.24, 2.45) is 0 Å². The van der Waals surface area contributed by atoms with Gasteiger partial charge in [0.25, 0.3) is 0 Å². The number of nitrogens with two attached hydrogens (primary N) is 1. The molecule has 0 aliphatic heterocycles. The Labute approximate surface area is 73.2 Å². The van der Waals surface area contributed by atoms with Crippen LogP contribution < -0.4 is 5.73 Å². The molecule has 0 fully saturated rings. The third-order valence-corrected chi connectivity index (χ3v) is 2.67. The maximum Gasteiger partial charge on any atom is 0.0861 e. The minimum atomic E-state index is -1.94. The van der Waals surface area contributed by atoms with E-state index in [4.69, 9.17) is 5.73 Å². The van der Waals surface area contributed by atoms with Crippen molar-refractivity contribution in [1.82, 2.24) is 0 Å². The number of hydrogen-bond acceptors (Lipinski definition) is 2. The fourth-order valence-electron chi connectivity index (χ4n) is 1.06. The highest BCUT2D eigenvalue weighted by molar-refractivity contribution is 7.61. The highest BCUT2D eigenvalue weighted by Gasteiger charge is 2.07. The van der Waals surface area contributed by atoms with Gasteiger partial charge in [-0.25, -0.2) is 0 Å². The van der Waals surface area contributed by atoms with E-state index in [-0.39, 0.29) is 0 Å². The maximum atomic E-state index is 11.4. The molecule has 0 bridgehead atoms. The average molecular weight is 183 g/mol. The van der Waals surface area contributed by atoms with Crippen LogP contribution in [-0.4, -0.2) is 13.3 Å². The van der Waals surface area contributed by atoms with E-state index in [2.05, 4.69) is 0 Å². The topological polar surface area (TPSA) is 43.1 Å². The Balaban J connectivity index is 2.78. The number of anilines is 1. The first-order valence-corrected chi connectivity index (χ1v) is 6.64. The summed E-state index contributed by atoms with van der Waals surface area (Å²) in [6, 6.07) is 7.53. The van der Waals surface area contributed by atoms with Crippen LogP contribution in [-0.2, 0) is 10.7 Å². The molecule has 0 radical (unpaired) electrons. The number of benzene rings is 1. The van der Waals surface area contributed by atoms with Gasteiger partial charge in [0.05, 0.1) is 7.14 Å². The fourth-order valence-corrected chi connectivity index (χ4v) is 2.15. The van der Waals surface area contributed by atoms with Gasteiger partial charge in [-0.3, -0.25) is 0 Å². The molecule has 2 nitrogen and oxygen atoms in total. The summed E-state index contributed by atoms with van der Waals surface area (Å²) in [5.41, 5.74) is 7.37. The van der Waals surface area contributed by atoms with Crippen molar-refractivity contribution >= 4 is 12.8 Å². The normalized spacial score (nSPS) is 11.5. The zero-order valence-corrected chi connectivity index (χ0v) is 8.34. The summed E-state index contributed by atoms with van der Waals surface area (Å²) in [4.78, 5) is 0. The van der Waals surface area contributed by atoms with Crippen molar-refractivity contribution in [2.75, 3.05) is 19.1 Å². The molecular weight excluding hydrogens is 169 g/mol. The van der Waals surface area contributed by atoms with E-state index in [1.54, 1.807) is 13.3 Å². The summed E-state index contributed by atoms with van der Waals surface area (Å²) >= 11 is 0. The highest BCUT2D eigenvalue weighted by atomic mass is 31.2. The van der Waals surface area contributed by atoms with Gasteiger partial charge in [0, 0.05) is 11.8 Å². The van der Waals surface area contributed by atoms with Crippen LogP contribution in [0, 0.1) is 0 Å². The van der Waals surface area contributed by atoms with Crippen molar-refractivity contribution in [3.05, 3.63) is 29.8 Å². The quantitative estimate of drug-likeness (QED) is 0.565. The molecule has 0 saturated carbocycles. The molecule has 0 aliphatic carbocycles. The molecule has 2 N–H and O–H groups in total. The lowest BCUT2D eigenvalue weighted by Crippen LogP contribution is -1.88. The van der Waals surface area contributed by atoms with E-state index in [1.807, 2.05) is 24.3 Å². The largest absolute Gasteiger partial charge is 0.399 e. The third-order valence-electron chi connectivity index (χ3n) is 1.54. The highest BCUT2D eigenvalue weighted by Crippen LogP contribution is 2.40. The molecule has 0 amide bonds. The van der Waals surface area contributed by atoms with Crippen LogP contribution in [0.25, 0.3) is 0 Å². The van der Waals surface area contributed by atoms with Gasteiger partial charge in [0.2, 0.25) is 0 Å². The first-order valence-electron chi connectivity index (χ1n) is 3.86. The molecule has 0 unspecified atom stereocenters. The third kappa shape index (κ3) is 3.10. The van der Waals surface area contributed by atoms with E-state index in [1.165, 1.54) is 0 Å². The van der Waals surface area contributed by atoms with Crippen molar-refractivity contribution in [3.63, 3.8) is 0 Å². The van der Waals surface area contributed by atoms with Crippen LogP contribution >= 0.6 is 7.14 Å². The molecule has 1 aromatic rings. The predicted molar refractivity (Wildman–Crippen MR) is 54.0 cm³/mol. The Kier molecular flexibility index (Phi) is 2.58. The molecule has 1 aromatic carbocycles. The zero-order chi connectivity index (χ0) is 9.19. The molecule has 12 heavy (non-hydrogen) atoms. The van der Waals surface area contributed by atoms with Gasteiger partial charge in [0.15, 0.2) is 0 Å². The molecule has 66 valence electrons. The van der Waals surface area contributed by atoms with Gasteiger partial charge in [-0.05, 0) is 31.0 Å². The van der Waals surface area contributed by atoms with E-state index in [0.717, 1.165) is 11.3 Å². The monoisotopic (exact) mass is 183 g/mol. The van der Waals surface area contributed by atoms with Crippen LogP contribution in [0.3, 0.4) is 0 Å². The molecule has 0 aromatic heterocycles. The molecule has 1 rings (SSSR count). The summed E-state index contributed by atoms with van der Waals surface area (Å²) in [6.07, 6.45) is 0.660. The Bertz CT molecular complexity index is 299. The lowest BCUT2D eigenvalue weighted by atomic mass is 10.2. The Morgan fingerprint density at radius 3 is 2.17 bits per heavy atom. The van der Waals surface area contributed by atoms with Gasteiger partial charge in [0.1, 0.15) is 0 Å². The molecular formula is C9H14NOP. The van der Waals surface area contributed by atoms with Crippen LogP contribution in [0.1, 0.15) is 5.56 Å². The number of nitrogen functional groups attached to an aromatic ring is 1. The molecule has 0 heterocycles. The standard InChI is InChI=1S/C9H14NOP/c1-12(2,11)7-8-3-5-9(10)6-4-8/h3-6H,7,10H2,1-2H3. The lowest BCUT2D eigenvalue weighted by Gasteiger charge is -2.05. The second-order valence-corrected chi connectivity index (χ2v) is 6.94.